The monoisotopic (exact) mass is 934 g/mol. The summed E-state index contributed by atoms with van der Waals surface area (Å²) in [5.74, 6) is -5.36. The van der Waals surface area contributed by atoms with Crippen molar-refractivity contribution in [3.63, 3.8) is 0 Å². The van der Waals surface area contributed by atoms with Crippen molar-refractivity contribution < 1.29 is 85.3 Å². The van der Waals surface area contributed by atoms with Crippen LogP contribution in [0.3, 0.4) is 0 Å². The molecule has 6 N–H and O–H groups in total. The number of hydrogen-bond acceptors (Lipinski definition) is 19. The Hall–Kier alpha value is -5.36. The Kier molecular flexibility index (Phi) is 14.4. The zero-order chi connectivity index (χ0) is 48.7. The Balaban J connectivity index is 0.00000105. The number of ketones is 1. The Morgan fingerprint density at radius 1 is 0.969 bits per heavy atom. The van der Waals surface area contributed by atoms with Crippen LogP contribution in [0.25, 0.3) is 0 Å². The van der Waals surface area contributed by atoms with Gasteiger partial charge in [-0.2, -0.15) is 8.42 Å². The first-order valence-corrected chi connectivity index (χ1v) is 21.7. The first-order valence-electron chi connectivity index (χ1n) is 20.4. The Bertz CT molecular complexity index is 2300. The molecule has 3 fully saturated rings. The predicted octanol–water partition coefficient (Wildman–Crippen LogP) is 2.75. The molecule has 11 atom stereocenters. The average molecular weight is 935 g/mol. The maximum atomic E-state index is 14.9. The summed E-state index contributed by atoms with van der Waals surface area (Å²) in [6, 6.07) is 14.6. The fraction of sp³-hybridized carbons (Fsp3) is 0.558. The quantitative estimate of drug-likeness (QED) is 0.0498. The van der Waals surface area contributed by atoms with Gasteiger partial charge in [0.1, 0.15) is 35.6 Å². The number of alkyl carbamates (subject to hydrolysis) is 1. The summed E-state index contributed by atoms with van der Waals surface area (Å²) in [6.45, 7) is 11.8. The van der Waals surface area contributed by atoms with Gasteiger partial charge in [-0.1, -0.05) is 62.4 Å². The summed E-state index contributed by atoms with van der Waals surface area (Å²) in [7, 11) is -4.65. The molecule has 3 aliphatic carbocycles. The molecule has 1 amide bonds. The molecule has 1 unspecified atom stereocenters. The van der Waals surface area contributed by atoms with Crippen LogP contribution in [-0.2, 0) is 52.8 Å². The lowest BCUT2D eigenvalue weighted by atomic mass is 9.44. The fourth-order valence-electron chi connectivity index (χ4n) is 9.60. The second-order valence-corrected chi connectivity index (χ2v) is 19.2. The molecule has 0 aromatic heterocycles. The number of aliphatic hydroxyl groups is 4. The lowest BCUT2D eigenvalue weighted by molar-refractivity contribution is -0.346. The molecule has 6 rings (SSSR count). The molecule has 2 saturated carbocycles. The molecule has 2 aromatic rings. The van der Waals surface area contributed by atoms with Crippen molar-refractivity contribution in [3.05, 3.63) is 87.8 Å². The number of ether oxygens (including phenoxy) is 5. The van der Waals surface area contributed by atoms with Crippen molar-refractivity contribution in [2.45, 2.75) is 128 Å². The Morgan fingerprint density at radius 2 is 1.55 bits per heavy atom. The van der Waals surface area contributed by atoms with Gasteiger partial charge in [0.2, 0.25) is 0 Å². The molecule has 65 heavy (non-hydrogen) atoms. The first-order chi connectivity index (χ1) is 30.1. The average Bonchev–Trinajstić information content (AvgIpc) is 3.20. The third-order valence-electron chi connectivity index (χ3n) is 12.7. The summed E-state index contributed by atoms with van der Waals surface area (Å²) in [5.41, 5.74) is -8.14. The molecule has 356 valence electrons. The number of amides is 1. The zero-order valence-electron chi connectivity index (χ0n) is 36.8. The predicted molar refractivity (Wildman–Crippen MR) is 222 cm³/mol. The number of nitrogens with one attached hydrogen (secondary N) is 1. The highest BCUT2D eigenvalue weighted by Gasteiger charge is 2.78. The molecule has 2 aromatic carbocycles. The number of carbonyl (C=O) groups excluding carboxylic acids is 5. The molecule has 2 bridgehead atoms. The molecular formula is C43H54N2O19S. The summed E-state index contributed by atoms with van der Waals surface area (Å²) in [5, 5.41) is 53.0. The SMILES string of the molecule is CC(=O)O[C@@]12CO[C@@H]1C[C@H](O)[C@@]1(C)C(=O)[C@H](O)C3=C(C)[C@@H](OC(=O)C(O)[C@@H](NC(=O)OC(C)(C)C)c4ccccc4)C[C@@](O)([C@@H](OC(=O)c4ccccc4)[C@H]21)C3(C)C.O=NOS(=O)(=O)O. The maximum Gasteiger partial charge on any atom is 0.468 e. The summed E-state index contributed by atoms with van der Waals surface area (Å²) < 4.78 is 58.3. The highest BCUT2D eigenvalue weighted by molar-refractivity contribution is 7.80. The second kappa shape index (κ2) is 18.5. The summed E-state index contributed by atoms with van der Waals surface area (Å²) >= 11 is 0. The maximum absolute atomic E-state index is 14.9. The van der Waals surface area contributed by atoms with E-state index in [-0.39, 0.29) is 29.7 Å². The van der Waals surface area contributed by atoms with Crippen LogP contribution in [0, 0.1) is 21.7 Å². The molecule has 21 nitrogen and oxygen atoms in total. The fourth-order valence-corrected chi connectivity index (χ4v) is 9.67. The molecule has 0 radical (unpaired) electrons. The molecule has 1 aliphatic heterocycles. The van der Waals surface area contributed by atoms with Crippen molar-refractivity contribution in [3.8, 4) is 0 Å². The van der Waals surface area contributed by atoms with E-state index in [9.17, 15) is 52.8 Å². The van der Waals surface area contributed by atoms with Gasteiger partial charge in [0, 0.05) is 25.2 Å². The van der Waals surface area contributed by atoms with Gasteiger partial charge in [-0.25, -0.2) is 18.7 Å². The summed E-state index contributed by atoms with van der Waals surface area (Å²) in [6.07, 6.45) is -11.5. The van der Waals surface area contributed by atoms with Gasteiger partial charge in [0.05, 0.1) is 35.6 Å². The van der Waals surface area contributed by atoms with Gasteiger partial charge < -0.3 is 49.4 Å². The van der Waals surface area contributed by atoms with Crippen LogP contribution in [0.2, 0.25) is 0 Å². The van der Waals surface area contributed by atoms with E-state index >= 15 is 0 Å². The van der Waals surface area contributed by atoms with Crippen LogP contribution in [0.1, 0.15) is 90.2 Å². The van der Waals surface area contributed by atoms with Gasteiger partial charge in [0.25, 0.3) is 0 Å². The van der Waals surface area contributed by atoms with E-state index in [1.54, 1.807) is 83.1 Å². The lowest BCUT2D eigenvalue weighted by Crippen LogP contribution is -2.81. The molecular weight excluding hydrogens is 881 g/mol. The van der Waals surface area contributed by atoms with E-state index in [4.69, 9.17) is 33.1 Å². The van der Waals surface area contributed by atoms with Gasteiger partial charge in [-0.3, -0.25) is 14.1 Å². The summed E-state index contributed by atoms with van der Waals surface area (Å²) in [4.78, 5) is 77.7. The van der Waals surface area contributed by atoms with Crippen LogP contribution < -0.4 is 5.32 Å². The number of fused-ring (bicyclic) bond motifs is 5. The lowest BCUT2D eigenvalue weighted by Gasteiger charge is -2.67. The van der Waals surface area contributed by atoms with E-state index < -0.39 is 123 Å². The third-order valence-corrected chi connectivity index (χ3v) is 12.9. The number of hydrogen-bond donors (Lipinski definition) is 6. The van der Waals surface area contributed by atoms with E-state index in [0.29, 0.717) is 5.56 Å². The van der Waals surface area contributed by atoms with E-state index in [0.717, 1.165) is 6.92 Å². The van der Waals surface area contributed by atoms with E-state index in [2.05, 4.69) is 9.60 Å². The Labute approximate surface area is 374 Å². The standard InChI is InChI=1S/C43H53NO14.HNO5S/c1-22-26(55-37(51)32(48)30(24-15-11-9-12-16-24)44-38(52)58-39(3,4)5)20-43(53)35(56-36(50)25-17-13-10-14-18-25)33-41(8,34(49)31(47)29(22)40(43,6)7)27(46)19-28-42(33,21-54-28)57-23(2)45;2-1-6-7(3,4)5/h9-18,26-28,30-33,35,46-48,53H,19-21H2,1-8H3,(H,44,52);(H,3,4,5)/t26-,27-,28+,30-,31+,32?,33-,35-,41+,42-,43+;/m0./s1. The van der Waals surface area contributed by atoms with E-state index in [1.807, 2.05) is 0 Å². The first kappa shape index (κ1) is 50.6. The molecule has 0 spiro atoms. The van der Waals surface area contributed by atoms with Crippen molar-refractivity contribution in [2.75, 3.05) is 6.61 Å². The number of nitrogens with zero attached hydrogens (tertiary/aromatic N) is 1. The number of rotatable bonds is 10. The normalized spacial score (nSPS) is 31.2. The van der Waals surface area contributed by atoms with Crippen molar-refractivity contribution in [2.24, 2.45) is 22.1 Å². The number of benzene rings is 2. The minimum atomic E-state index is -4.65. The molecule has 4 aliphatic rings. The Morgan fingerprint density at radius 3 is 2.05 bits per heavy atom. The van der Waals surface area contributed by atoms with E-state index in [1.165, 1.54) is 31.3 Å². The minimum absolute atomic E-state index is 0.0637. The number of aliphatic hydroxyl groups excluding tert-OH is 3. The van der Waals surface area contributed by atoms with Crippen LogP contribution in [-0.4, -0.2) is 123 Å². The van der Waals surface area contributed by atoms with Crippen LogP contribution >= 0.6 is 0 Å². The topological polar surface area (TPSA) is 317 Å². The van der Waals surface area contributed by atoms with Crippen LogP contribution in [0.15, 0.2) is 77.2 Å². The largest absolute Gasteiger partial charge is 0.468 e. The number of carbonyl (C=O) groups is 5. The van der Waals surface area contributed by atoms with Gasteiger partial charge in [0.15, 0.2) is 22.8 Å². The molecule has 1 heterocycles. The zero-order valence-corrected chi connectivity index (χ0v) is 37.6. The minimum Gasteiger partial charge on any atom is -0.456 e. The van der Waals surface area contributed by atoms with Gasteiger partial charge in [-0.05, 0) is 63.5 Å². The van der Waals surface area contributed by atoms with Gasteiger partial charge >= 0.3 is 34.4 Å². The molecule has 1 saturated heterocycles. The second-order valence-electron chi connectivity index (χ2n) is 18.2. The van der Waals surface area contributed by atoms with Crippen molar-refractivity contribution >= 4 is 40.2 Å². The highest BCUT2D eigenvalue weighted by atomic mass is 32.3. The number of esters is 3. The number of Topliss-reactive ketones (excluding diaryl/α,β-unsaturated/α-hetero) is 1. The smallest absolute Gasteiger partial charge is 0.456 e. The van der Waals surface area contributed by atoms with Crippen molar-refractivity contribution in [1.29, 1.82) is 0 Å². The van der Waals surface area contributed by atoms with Gasteiger partial charge in [-0.15, -0.1) is 4.91 Å². The highest BCUT2D eigenvalue weighted by Crippen LogP contribution is 2.64. The molecule has 22 heteroatoms. The third kappa shape index (κ3) is 9.79. The van der Waals surface area contributed by atoms with Crippen LogP contribution in [0.5, 0.6) is 0 Å². The van der Waals surface area contributed by atoms with Crippen LogP contribution in [0.4, 0.5) is 4.79 Å². The van der Waals surface area contributed by atoms with Crippen molar-refractivity contribution in [1.82, 2.24) is 5.32 Å².